The molecule has 0 fully saturated rings. The summed E-state index contributed by atoms with van der Waals surface area (Å²) in [4.78, 5) is 28.1. The molecule has 64 valence electrons. The summed E-state index contributed by atoms with van der Waals surface area (Å²) in [6.45, 7) is 0. The zero-order chi connectivity index (χ0) is 9.07. The van der Waals surface area contributed by atoms with Crippen LogP contribution in [0.5, 0.6) is 0 Å². The predicted molar refractivity (Wildman–Crippen MR) is 28.4 cm³/mol. The van der Waals surface area contributed by atoms with E-state index in [1.54, 1.807) is 0 Å². The van der Waals surface area contributed by atoms with Crippen LogP contribution in [0.1, 0.15) is 0 Å². The van der Waals surface area contributed by atoms with Crippen molar-refractivity contribution < 1.29 is 85.5 Å². The van der Waals surface area contributed by atoms with Crippen molar-refractivity contribution in [3.63, 3.8) is 0 Å². The zero-order valence-electron chi connectivity index (χ0n) is 6.09. The maximum absolute atomic E-state index is 10.3. The second kappa shape index (κ2) is 6.36. The summed E-state index contributed by atoms with van der Waals surface area (Å²) in [6.07, 6.45) is -1.30. The van der Waals surface area contributed by atoms with Crippen molar-refractivity contribution in [3.05, 3.63) is 0 Å². The number of carboxylic acid groups (broad SMARTS) is 1. The van der Waals surface area contributed by atoms with Crippen molar-refractivity contribution >= 4 is 19.3 Å². The Hall–Kier alpha value is 0.886. The van der Waals surface area contributed by atoms with Gasteiger partial charge in [-0.3, -0.25) is 9.36 Å². The van der Waals surface area contributed by atoms with Crippen molar-refractivity contribution in [1.82, 2.24) is 0 Å². The van der Waals surface area contributed by atoms with Gasteiger partial charge in [0.2, 0.25) is 0 Å². The second-order valence-corrected chi connectivity index (χ2v) is 3.34. The van der Waals surface area contributed by atoms with Gasteiger partial charge in [-0.1, -0.05) is 0 Å². The number of rotatable bonds is 4. The van der Waals surface area contributed by atoms with E-state index in [1.807, 2.05) is 0 Å². The Bertz CT molecular complexity index is 225. The van der Waals surface area contributed by atoms with Crippen LogP contribution in [0.2, 0.25) is 0 Å². The molecule has 0 aromatic carbocycles. The van der Waals surface area contributed by atoms with Crippen molar-refractivity contribution in [2.75, 3.05) is 6.16 Å². The largest absolute Gasteiger partial charge is 1.00 e. The Morgan fingerprint density at radius 3 is 2.17 bits per heavy atom. The molecule has 12 heavy (non-hydrogen) atoms. The van der Waals surface area contributed by atoms with E-state index in [0.29, 0.717) is 0 Å². The van der Waals surface area contributed by atoms with Crippen molar-refractivity contribution in [1.29, 1.82) is 0 Å². The molecule has 0 heterocycles. The summed E-state index contributed by atoms with van der Waals surface area (Å²) in [7, 11) is -4.50. The molecule has 0 aliphatic rings. The van der Waals surface area contributed by atoms with Gasteiger partial charge in [-0.05, 0) is 0 Å². The minimum absolute atomic E-state index is 0. The Labute approximate surface area is 110 Å². The Balaban J connectivity index is 0. The van der Waals surface area contributed by atoms with E-state index in [9.17, 15) is 19.3 Å². The minimum atomic E-state index is -4.50. The molecule has 0 aliphatic heterocycles. The average Bonchev–Trinajstić information content (AvgIpc) is 1.87. The molecule has 2 N–H and O–H groups in total. The molecule has 0 rings (SSSR count). The van der Waals surface area contributed by atoms with Gasteiger partial charge in [-0.2, -0.15) is 4.67 Å². The Kier molecular flexibility index (Phi) is 8.14. The summed E-state index contributed by atoms with van der Waals surface area (Å²) < 4.78 is 13.2. The van der Waals surface area contributed by atoms with E-state index in [1.165, 1.54) is 0 Å². The number of ketones is 1. The minimum Gasteiger partial charge on any atom is -0.542 e. The summed E-state index contributed by atoms with van der Waals surface area (Å²) in [5.74, 6) is -3.71. The monoisotopic (exact) mass is 222 g/mol. The van der Waals surface area contributed by atoms with E-state index < -0.39 is 25.5 Å². The van der Waals surface area contributed by atoms with Gasteiger partial charge in [-0.25, -0.2) is 5.26 Å². The Morgan fingerprint density at radius 1 is 1.50 bits per heavy atom. The molecule has 1 atom stereocenters. The standard InChI is InChI=1S/C3H5O7P.K/c4-2(3(5)6)1-11(8,9)10-7;/h7H,1H2,(H,5,6)(H,8,9);/q;+1/p-1. The van der Waals surface area contributed by atoms with Crippen LogP contribution >= 0.6 is 7.60 Å². The van der Waals surface area contributed by atoms with Crippen molar-refractivity contribution in [2.24, 2.45) is 0 Å². The van der Waals surface area contributed by atoms with E-state index in [4.69, 9.17) is 10.2 Å². The third kappa shape index (κ3) is 6.41. The topological polar surface area (TPSA) is 124 Å². The third-order valence-corrected chi connectivity index (χ3v) is 1.64. The first-order valence-corrected chi connectivity index (χ1v) is 4.04. The molecule has 0 saturated heterocycles. The maximum Gasteiger partial charge on any atom is 1.00 e. The number of carbonyl (C=O) groups excluding carboxylic acids is 2. The number of aliphatic carboxylic acids is 1. The number of carboxylic acids is 1. The molecule has 0 bridgehead atoms. The van der Waals surface area contributed by atoms with Crippen LogP contribution < -0.4 is 56.5 Å². The molecule has 7 nitrogen and oxygen atoms in total. The summed E-state index contributed by atoms with van der Waals surface area (Å²) >= 11 is 0. The van der Waals surface area contributed by atoms with Gasteiger partial charge in [0.05, 0.1) is 0 Å². The average molecular weight is 222 g/mol. The fourth-order valence-electron chi connectivity index (χ4n) is 0.275. The zero-order valence-corrected chi connectivity index (χ0v) is 10.1. The smallest absolute Gasteiger partial charge is 0.542 e. The summed E-state index contributed by atoms with van der Waals surface area (Å²) in [6, 6.07) is 0. The maximum atomic E-state index is 10.3. The first-order valence-electron chi connectivity index (χ1n) is 2.28. The third-order valence-electron chi connectivity index (χ3n) is 0.699. The molecular formula is C3H4KO7P. The van der Waals surface area contributed by atoms with Gasteiger partial charge in [0.1, 0.15) is 12.1 Å². The number of hydrogen-bond acceptors (Lipinski definition) is 6. The molecule has 0 aromatic rings. The van der Waals surface area contributed by atoms with Crippen molar-refractivity contribution in [2.45, 2.75) is 0 Å². The first kappa shape index (κ1) is 15.4. The summed E-state index contributed by atoms with van der Waals surface area (Å²) in [5.41, 5.74) is 0. The van der Waals surface area contributed by atoms with Crippen LogP contribution in [0.4, 0.5) is 0 Å². The molecule has 0 radical (unpaired) electrons. The van der Waals surface area contributed by atoms with E-state index in [0.717, 1.165) is 0 Å². The fraction of sp³-hybridized carbons (Fsp3) is 0.333. The van der Waals surface area contributed by atoms with Crippen LogP contribution in [0, 0.1) is 0 Å². The SMILES string of the molecule is O=C([O-])C(=O)CP(=O)(O)OO.[K+]. The quantitative estimate of drug-likeness (QED) is 0.160. The normalized spacial score (nSPS) is 14.2. The van der Waals surface area contributed by atoms with Gasteiger partial charge in [-0.15, -0.1) is 0 Å². The molecule has 0 spiro atoms. The Morgan fingerprint density at radius 2 is 1.92 bits per heavy atom. The van der Waals surface area contributed by atoms with Crippen LogP contribution in [0.3, 0.4) is 0 Å². The first-order chi connectivity index (χ1) is 4.89. The van der Waals surface area contributed by atoms with Gasteiger partial charge in [0.25, 0.3) is 0 Å². The van der Waals surface area contributed by atoms with E-state index in [2.05, 4.69) is 4.67 Å². The van der Waals surface area contributed by atoms with Crippen LogP contribution in [0.25, 0.3) is 0 Å². The van der Waals surface area contributed by atoms with E-state index >= 15 is 0 Å². The van der Waals surface area contributed by atoms with Crippen LogP contribution in [-0.2, 0) is 18.8 Å². The predicted octanol–water partition coefficient (Wildman–Crippen LogP) is -5.02. The number of carbonyl (C=O) groups is 2. The van der Waals surface area contributed by atoms with Gasteiger partial charge < -0.3 is 14.8 Å². The van der Waals surface area contributed by atoms with Gasteiger partial charge in [0, 0.05) is 0 Å². The van der Waals surface area contributed by atoms with E-state index in [-0.39, 0.29) is 51.4 Å². The molecular weight excluding hydrogens is 218 g/mol. The number of Topliss-reactive ketones (excluding diaryl/α,β-unsaturated/α-hetero) is 1. The molecule has 0 aliphatic carbocycles. The fourth-order valence-corrected chi connectivity index (χ4v) is 0.825. The van der Waals surface area contributed by atoms with Crippen LogP contribution in [0.15, 0.2) is 0 Å². The molecule has 0 aromatic heterocycles. The van der Waals surface area contributed by atoms with Crippen molar-refractivity contribution in [3.8, 4) is 0 Å². The van der Waals surface area contributed by atoms with Crippen LogP contribution in [-0.4, -0.2) is 28.1 Å². The van der Waals surface area contributed by atoms with Gasteiger partial charge in [0.15, 0.2) is 5.78 Å². The molecule has 9 heteroatoms. The van der Waals surface area contributed by atoms with Gasteiger partial charge >= 0.3 is 59.0 Å². The molecule has 0 amide bonds. The number of hydrogen-bond donors (Lipinski definition) is 2. The molecule has 1 unspecified atom stereocenters. The molecule has 0 saturated carbocycles. The summed E-state index contributed by atoms with van der Waals surface area (Å²) in [5, 5.41) is 17.3. The second-order valence-electron chi connectivity index (χ2n) is 1.59.